The van der Waals surface area contributed by atoms with Crippen LogP contribution in [0.5, 0.6) is 0 Å². The maximum atomic E-state index is 12.2. The van der Waals surface area contributed by atoms with Gasteiger partial charge in [0.05, 0.1) is 5.56 Å². The highest BCUT2D eigenvalue weighted by atomic mass is 16.6. The Hall–Kier alpha value is -2.57. The minimum absolute atomic E-state index is 0.151. The number of nitrogens with zero attached hydrogens (tertiary/aromatic N) is 1. The van der Waals surface area contributed by atoms with Gasteiger partial charge in [0.1, 0.15) is 11.7 Å². The number of carbonyl (C=O) groups is 3. The Morgan fingerprint density at radius 1 is 1.17 bits per heavy atom. The smallest absolute Gasteiger partial charge is 0.411 e. The summed E-state index contributed by atoms with van der Waals surface area (Å²) in [5, 5.41) is 9.44. The number of esters is 1. The van der Waals surface area contributed by atoms with Crippen LogP contribution in [0.15, 0.2) is 30.3 Å². The summed E-state index contributed by atoms with van der Waals surface area (Å²) in [7, 11) is 0. The van der Waals surface area contributed by atoms with E-state index in [1.165, 1.54) is 0 Å². The minimum atomic E-state index is -1.26. The fourth-order valence-electron chi connectivity index (χ4n) is 2.48. The molecule has 0 spiro atoms. The highest BCUT2D eigenvalue weighted by Crippen LogP contribution is 2.25. The molecule has 0 aromatic heterocycles. The second kappa shape index (κ2) is 6.90. The molecule has 0 saturated carbocycles. The molecule has 1 aromatic rings. The van der Waals surface area contributed by atoms with Crippen LogP contribution in [-0.2, 0) is 14.3 Å². The predicted octanol–water partition coefficient (Wildman–Crippen LogP) is 2.31. The van der Waals surface area contributed by atoms with Gasteiger partial charge in [-0.3, -0.25) is 4.90 Å². The number of rotatable bonds is 3. The summed E-state index contributed by atoms with van der Waals surface area (Å²) in [5.41, 5.74) is -0.406. The molecule has 2 rings (SSSR count). The SMILES string of the molecule is CC(C)(C)OC(=O)N1CC[C@H](OC(=O)c2ccccc2)[C@H]1C(=O)O. The molecule has 1 fully saturated rings. The van der Waals surface area contributed by atoms with Crippen molar-refractivity contribution in [2.45, 2.75) is 44.9 Å². The van der Waals surface area contributed by atoms with E-state index in [9.17, 15) is 19.5 Å². The summed E-state index contributed by atoms with van der Waals surface area (Å²) in [5.74, 6) is -1.85. The number of ether oxygens (including phenoxy) is 2. The van der Waals surface area contributed by atoms with Crippen molar-refractivity contribution >= 4 is 18.0 Å². The molecule has 2 atom stereocenters. The van der Waals surface area contributed by atoms with Crippen LogP contribution in [0.25, 0.3) is 0 Å². The molecule has 7 heteroatoms. The third-order valence-electron chi connectivity index (χ3n) is 3.49. The number of carboxylic acids is 1. The van der Waals surface area contributed by atoms with Crippen LogP contribution in [0.4, 0.5) is 4.79 Å². The molecule has 24 heavy (non-hydrogen) atoms. The van der Waals surface area contributed by atoms with E-state index in [0.29, 0.717) is 5.56 Å². The summed E-state index contributed by atoms with van der Waals surface area (Å²) < 4.78 is 10.5. The van der Waals surface area contributed by atoms with E-state index in [1.54, 1.807) is 51.1 Å². The van der Waals surface area contributed by atoms with Gasteiger partial charge in [-0.1, -0.05) is 18.2 Å². The van der Waals surface area contributed by atoms with Gasteiger partial charge in [0, 0.05) is 13.0 Å². The largest absolute Gasteiger partial charge is 0.480 e. The van der Waals surface area contributed by atoms with Gasteiger partial charge in [-0.2, -0.15) is 0 Å². The van der Waals surface area contributed by atoms with Crippen molar-refractivity contribution in [1.82, 2.24) is 4.90 Å². The van der Waals surface area contributed by atoms with E-state index in [-0.39, 0.29) is 13.0 Å². The first-order valence-corrected chi connectivity index (χ1v) is 7.67. The molecule has 1 aliphatic heterocycles. The highest BCUT2D eigenvalue weighted by molar-refractivity contribution is 5.90. The van der Waals surface area contributed by atoms with Crippen molar-refractivity contribution in [1.29, 1.82) is 0 Å². The molecular formula is C17H21NO6. The molecule has 1 aliphatic rings. The van der Waals surface area contributed by atoms with E-state index in [0.717, 1.165) is 4.90 Å². The maximum absolute atomic E-state index is 12.2. The van der Waals surface area contributed by atoms with E-state index < -0.39 is 35.8 Å². The Labute approximate surface area is 140 Å². The molecule has 1 saturated heterocycles. The van der Waals surface area contributed by atoms with E-state index >= 15 is 0 Å². The molecule has 0 radical (unpaired) electrons. The average Bonchev–Trinajstić information content (AvgIpc) is 2.90. The summed E-state index contributed by atoms with van der Waals surface area (Å²) in [6.45, 7) is 5.25. The number of hydrogen-bond donors (Lipinski definition) is 1. The van der Waals surface area contributed by atoms with Gasteiger partial charge in [-0.15, -0.1) is 0 Å². The van der Waals surface area contributed by atoms with E-state index in [4.69, 9.17) is 9.47 Å². The van der Waals surface area contributed by atoms with Crippen LogP contribution in [-0.4, -0.2) is 52.3 Å². The Morgan fingerprint density at radius 3 is 2.33 bits per heavy atom. The van der Waals surface area contributed by atoms with Gasteiger partial charge in [0.25, 0.3) is 0 Å². The number of hydrogen-bond acceptors (Lipinski definition) is 5. The maximum Gasteiger partial charge on any atom is 0.411 e. The minimum Gasteiger partial charge on any atom is -0.480 e. The van der Waals surface area contributed by atoms with E-state index in [2.05, 4.69) is 0 Å². The van der Waals surface area contributed by atoms with Crippen molar-refractivity contribution in [2.24, 2.45) is 0 Å². The number of carbonyl (C=O) groups excluding carboxylic acids is 2. The average molecular weight is 335 g/mol. The number of benzene rings is 1. The lowest BCUT2D eigenvalue weighted by Crippen LogP contribution is -2.47. The van der Waals surface area contributed by atoms with Crippen LogP contribution in [0.2, 0.25) is 0 Å². The fraction of sp³-hybridized carbons (Fsp3) is 0.471. The van der Waals surface area contributed by atoms with Crippen LogP contribution >= 0.6 is 0 Å². The fourth-order valence-corrected chi connectivity index (χ4v) is 2.48. The molecule has 0 aliphatic carbocycles. The number of amides is 1. The van der Waals surface area contributed by atoms with Gasteiger partial charge in [-0.05, 0) is 32.9 Å². The van der Waals surface area contributed by atoms with Crippen LogP contribution < -0.4 is 0 Å². The first-order chi connectivity index (χ1) is 11.2. The lowest BCUT2D eigenvalue weighted by molar-refractivity contribution is -0.144. The molecule has 1 amide bonds. The molecule has 7 nitrogen and oxygen atoms in total. The van der Waals surface area contributed by atoms with Gasteiger partial charge >= 0.3 is 18.0 Å². The molecule has 1 heterocycles. The van der Waals surface area contributed by atoms with Crippen LogP contribution in [0, 0.1) is 0 Å². The van der Waals surface area contributed by atoms with E-state index in [1.807, 2.05) is 0 Å². The van der Waals surface area contributed by atoms with Crippen LogP contribution in [0.1, 0.15) is 37.6 Å². The summed E-state index contributed by atoms with van der Waals surface area (Å²) in [6.07, 6.45) is -1.40. The molecule has 0 unspecified atom stereocenters. The predicted molar refractivity (Wildman–Crippen MR) is 84.6 cm³/mol. The van der Waals surface area contributed by atoms with Crippen molar-refractivity contribution in [3.05, 3.63) is 35.9 Å². The zero-order valence-corrected chi connectivity index (χ0v) is 13.9. The Morgan fingerprint density at radius 2 is 1.79 bits per heavy atom. The zero-order valence-electron chi connectivity index (χ0n) is 13.9. The summed E-state index contributed by atoms with van der Waals surface area (Å²) in [4.78, 5) is 37.0. The quantitative estimate of drug-likeness (QED) is 0.852. The van der Waals surface area contributed by atoms with Gasteiger partial charge in [0.15, 0.2) is 6.04 Å². The van der Waals surface area contributed by atoms with Gasteiger partial charge in [-0.25, -0.2) is 14.4 Å². The van der Waals surface area contributed by atoms with Crippen LogP contribution in [0.3, 0.4) is 0 Å². The lowest BCUT2D eigenvalue weighted by atomic mass is 10.1. The van der Waals surface area contributed by atoms with Crippen molar-refractivity contribution in [3.63, 3.8) is 0 Å². The first-order valence-electron chi connectivity index (χ1n) is 7.67. The summed E-state index contributed by atoms with van der Waals surface area (Å²) in [6, 6.07) is 7.04. The molecular weight excluding hydrogens is 314 g/mol. The number of likely N-dealkylation sites (tertiary alicyclic amines) is 1. The summed E-state index contributed by atoms with van der Waals surface area (Å²) >= 11 is 0. The van der Waals surface area contributed by atoms with Crippen molar-refractivity contribution in [3.8, 4) is 0 Å². The Kier molecular flexibility index (Phi) is 5.11. The van der Waals surface area contributed by atoms with Crippen molar-refractivity contribution < 1.29 is 29.0 Å². The first kappa shape index (κ1) is 17.8. The number of aliphatic carboxylic acids is 1. The van der Waals surface area contributed by atoms with Gasteiger partial charge in [0.2, 0.25) is 0 Å². The molecule has 130 valence electrons. The topological polar surface area (TPSA) is 93.1 Å². The zero-order chi connectivity index (χ0) is 17.9. The van der Waals surface area contributed by atoms with Crippen molar-refractivity contribution in [2.75, 3.05) is 6.54 Å². The third-order valence-corrected chi connectivity index (χ3v) is 3.49. The highest BCUT2D eigenvalue weighted by Gasteiger charge is 2.45. The number of carboxylic acid groups (broad SMARTS) is 1. The lowest BCUT2D eigenvalue weighted by Gasteiger charge is -2.28. The Balaban J connectivity index is 2.10. The second-order valence-electron chi connectivity index (χ2n) is 6.56. The third kappa shape index (κ3) is 4.24. The second-order valence-corrected chi connectivity index (χ2v) is 6.56. The molecule has 1 N–H and O–H groups in total. The molecule has 1 aromatic carbocycles. The Bertz CT molecular complexity index is 622. The molecule has 0 bridgehead atoms. The standard InChI is InChI=1S/C17H21NO6/c1-17(2,3)24-16(22)18-10-9-12(13(18)14(19)20)23-15(21)11-7-5-4-6-8-11/h4-8,12-13H,9-10H2,1-3H3,(H,19,20)/t12-,13-/m0/s1. The monoisotopic (exact) mass is 335 g/mol. The van der Waals surface area contributed by atoms with Gasteiger partial charge < -0.3 is 14.6 Å². The normalized spacial score (nSPS) is 20.5.